The standard InChI is InChI=1S/C15H18N2O2/c1-11(14-7-8-19-10-14)17-9-12-3-5-13(6-4-12)15(18)16-2/h3-8,10-11,17H,9H2,1-2H3,(H,16,18). The number of nitrogens with one attached hydrogen (secondary N) is 2. The number of benzene rings is 1. The lowest BCUT2D eigenvalue weighted by molar-refractivity contribution is 0.0963. The molecule has 4 heteroatoms. The Morgan fingerprint density at radius 3 is 2.58 bits per heavy atom. The van der Waals surface area contributed by atoms with Gasteiger partial charge in [-0.3, -0.25) is 4.79 Å². The lowest BCUT2D eigenvalue weighted by Crippen LogP contribution is -2.19. The first-order valence-electron chi connectivity index (χ1n) is 6.27. The molecule has 0 radical (unpaired) electrons. The molecule has 0 bridgehead atoms. The Balaban J connectivity index is 1.91. The third kappa shape index (κ3) is 3.45. The summed E-state index contributed by atoms with van der Waals surface area (Å²) in [7, 11) is 1.63. The molecule has 1 atom stereocenters. The van der Waals surface area contributed by atoms with Crippen LogP contribution in [0.1, 0.15) is 34.5 Å². The molecule has 0 aliphatic heterocycles. The molecule has 0 fully saturated rings. The molecule has 0 saturated heterocycles. The van der Waals surface area contributed by atoms with Crippen molar-refractivity contribution < 1.29 is 9.21 Å². The Morgan fingerprint density at radius 1 is 1.26 bits per heavy atom. The van der Waals surface area contributed by atoms with Gasteiger partial charge in [0.05, 0.1) is 12.5 Å². The second kappa shape index (κ2) is 6.20. The van der Waals surface area contributed by atoms with Gasteiger partial charge in [0.15, 0.2) is 0 Å². The van der Waals surface area contributed by atoms with Gasteiger partial charge in [0.25, 0.3) is 5.91 Å². The number of furan rings is 1. The van der Waals surface area contributed by atoms with Crippen molar-refractivity contribution >= 4 is 5.91 Å². The monoisotopic (exact) mass is 258 g/mol. The summed E-state index contributed by atoms with van der Waals surface area (Å²) in [5.41, 5.74) is 2.94. The largest absolute Gasteiger partial charge is 0.472 e. The maximum absolute atomic E-state index is 11.4. The van der Waals surface area contributed by atoms with E-state index in [4.69, 9.17) is 4.42 Å². The molecule has 2 N–H and O–H groups in total. The summed E-state index contributed by atoms with van der Waals surface area (Å²) in [6, 6.07) is 9.76. The Morgan fingerprint density at radius 2 is 2.00 bits per heavy atom. The van der Waals surface area contributed by atoms with Gasteiger partial charge in [0, 0.05) is 30.8 Å². The Bertz CT molecular complexity index is 518. The normalized spacial score (nSPS) is 12.1. The van der Waals surface area contributed by atoms with Crippen LogP contribution in [0.25, 0.3) is 0 Å². The van der Waals surface area contributed by atoms with Crippen molar-refractivity contribution in [3.05, 3.63) is 59.5 Å². The van der Waals surface area contributed by atoms with Gasteiger partial charge in [0.2, 0.25) is 0 Å². The van der Waals surface area contributed by atoms with Crippen molar-refractivity contribution in [2.24, 2.45) is 0 Å². The van der Waals surface area contributed by atoms with Crippen LogP contribution in [0, 0.1) is 0 Å². The zero-order valence-electron chi connectivity index (χ0n) is 11.1. The molecule has 4 nitrogen and oxygen atoms in total. The van der Waals surface area contributed by atoms with Crippen LogP contribution < -0.4 is 10.6 Å². The van der Waals surface area contributed by atoms with E-state index in [1.165, 1.54) is 0 Å². The van der Waals surface area contributed by atoms with E-state index in [2.05, 4.69) is 17.6 Å². The predicted octanol–water partition coefficient (Wildman–Crippen LogP) is 2.49. The molecular weight excluding hydrogens is 240 g/mol. The van der Waals surface area contributed by atoms with Gasteiger partial charge in [-0.1, -0.05) is 12.1 Å². The van der Waals surface area contributed by atoms with E-state index >= 15 is 0 Å². The summed E-state index contributed by atoms with van der Waals surface area (Å²) in [6.45, 7) is 2.84. The Kier molecular flexibility index (Phi) is 4.36. The molecule has 0 spiro atoms. The summed E-state index contributed by atoms with van der Waals surface area (Å²) < 4.78 is 5.06. The average molecular weight is 258 g/mol. The van der Waals surface area contributed by atoms with E-state index in [9.17, 15) is 4.79 Å². The fourth-order valence-corrected chi connectivity index (χ4v) is 1.83. The number of hydrogen-bond donors (Lipinski definition) is 2. The molecule has 1 aromatic heterocycles. The second-order valence-corrected chi connectivity index (χ2v) is 4.44. The van der Waals surface area contributed by atoms with E-state index in [1.807, 2.05) is 30.3 Å². The fraction of sp³-hybridized carbons (Fsp3) is 0.267. The highest BCUT2D eigenvalue weighted by Gasteiger charge is 2.06. The minimum atomic E-state index is -0.0636. The summed E-state index contributed by atoms with van der Waals surface area (Å²) in [4.78, 5) is 11.4. The van der Waals surface area contributed by atoms with E-state index in [0.717, 1.165) is 17.7 Å². The molecule has 1 unspecified atom stereocenters. The molecule has 1 aromatic carbocycles. The number of rotatable bonds is 5. The summed E-state index contributed by atoms with van der Waals surface area (Å²) in [6.07, 6.45) is 3.41. The van der Waals surface area contributed by atoms with Gasteiger partial charge in [-0.15, -0.1) is 0 Å². The SMILES string of the molecule is CNC(=O)c1ccc(CNC(C)c2ccoc2)cc1. The van der Waals surface area contributed by atoms with E-state index < -0.39 is 0 Å². The van der Waals surface area contributed by atoms with Gasteiger partial charge < -0.3 is 15.1 Å². The zero-order chi connectivity index (χ0) is 13.7. The topological polar surface area (TPSA) is 54.3 Å². The molecule has 0 aliphatic carbocycles. The Hall–Kier alpha value is -2.07. The molecule has 19 heavy (non-hydrogen) atoms. The van der Waals surface area contributed by atoms with Crippen molar-refractivity contribution in [3.8, 4) is 0 Å². The van der Waals surface area contributed by atoms with Gasteiger partial charge in [-0.05, 0) is 30.7 Å². The van der Waals surface area contributed by atoms with Crippen LogP contribution in [0.5, 0.6) is 0 Å². The average Bonchev–Trinajstić information content (AvgIpc) is 2.98. The number of carbonyl (C=O) groups excluding carboxylic acids is 1. The van der Waals surface area contributed by atoms with Gasteiger partial charge in [0.1, 0.15) is 0 Å². The lowest BCUT2D eigenvalue weighted by Gasteiger charge is -2.12. The third-order valence-electron chi connectivity index (χ3n) is 3.10. The highest BCUT2D eigenvalue weighted by atomic mass is 16.3. The maximum atomic E-state index is 11.4. The molecule has 2 rings (SSSR count). The highest BCUT2D eigenvalue weighted by molar-refractivity contribution is 5.93. The van der Waals surface area contributed by atoms with Crippen LogP contribution in [-0.4, -0.2) is 13.0 Å². The molecule has 1 heterocycles. The summed E-state index contributed by atoms with van der Waals surface area (Å²) >= 11 is 0. The molecule has 1 amide bonds. The van der Waals surface area contributed by atoms with Crippen molar-refractivity contribution in [1.82, 2.24) is 10.6 Å². The number of amides is 1. The van der Waals surface area contributed by atoms with Crippen molar-refractivity contribution in [1.29, 1.82) is 0 Å². The number of hydrogen-bond acceptors (Lipinski definition) is 3. The van der Waals surface area contributed by atoms with Crippen molar-refractivity contribution in [2.45, 2.75) is 19.5 Å². The fourth-order valence-electron chi connectivity index (χ4n) is 1.83. The van der Waals surface area contributed by atoms with Crippen LogP contribution in [0.2, 0.25) is 0 Å². The van der Waals surface area contributed by atoms with Crippen molar-refractivity contribution in [3.63, 3.8) is 0 Å². The Labute approximate surface area is 112 Å². The van der Waals surface area contributed by atoms with Crippen molar-refractivity contribution in [2.75, 3.05) is 7.05 Å². The predicted molar refractivity (Wildman–Crippen MR) is 73.8 cm³/mol. The summed E-state index contributed by atoms with van der Waals surface area (Å²) in [5.74, 6) is -0.0636. The molecular formula is C15H18N2O2. The van der Waals surface area contributed by atoms with Crippen LogP contribution >= 0.6 is 0 Å². The van der Waals surface area contributed by atoms with Gasteiger partial charge in [-0.25, -0.2) is 0 Å². The minimum absolute atomic E-state index is 0.0636. The quantitative estimate of drug-likeness (QED) is 0.866. The van der Waals surface area contributed by atoms with Gasteiger partial charge >= 0.3 is 0 Å². The second-order valence-electron chi connectivity index (χ2n) is 4.44. The third-order valence-corrected chi connectivity index (χ3v) is 3.10. The van der Waals surface area contributed by atoms with Crippen LogP contribution in [0.4, 0.5) is 0 Å². The first-order chi connectivity index (χ1) is 9.20. The molecule has 100 valence electrons. The van der Waals surface area contributed by atoms with Crippen LogP contribution in [-0.2, 0) is 6.54 Å². The smallest absolute Gasteiger partial charge is 0.251 e. The van der Waals surface area contributed by atoms with Gasteiger partial charge in [-0.2, -0.15) is 0 Å². The van der Waals surface area contributed by atoms with E-state index in [1.54, 1.807) is 19.6 Å². The molecule has 0 saturated carbocycles. The lowest BCUT2D eigenvalue weighted by atomic mass is 10.1. The zero-order valence-corrected chi connectivity index (χ0v) is 11.1. The highest BCUT2D eigenvalue weighted by Crippen LogP contribution is 2.13. The minimum Gasteiger partial charge on any atom is -0.472 e. The summed E-state index contributed by atoms with van der Waals surface area (Å²) in [5, 5.41) is 6.01. The van der Waals surface area contributed by atoms with E-state index in [-0.39, 0.29) is 11.9 Å². The molecule has 0 aliphatic rings. The first-order valence-corrected chi connectivity index (χ1v) is 6.27. The first kappa shape index (κ1) is 13.4. The van der Waals surface area contributed by atoms with E-state index in [0.29, 0.717) is 5.56 Å². The van der Waals surface area contributed by atoms with Crippen LogP contribution in [0.15, 0.2) is 47.3 Å². The number of carbonyl (C=O) groups is 1. The van der Waals surface area contributed by atoms with Crippen LogP contribution in [0.3, 0.4) is 0 Å². The maximum Gasteiger partial charge on any atom is 0.251 e. The molecule has 2 aromatic rings.